The molecule has 3 N–H and O–H groups in total. The van der Waals surface area contributed by atoms with E-state index in [-0.39, 0.29) is 26.6 Å². The molecular formula is C26H22ClN5O5S2. The minimum atomic E-state index is -0.908. The summed E-state index contributed by atoms with van der Waals surface area (Å²) in [6, 6.07) is 17.8. The molecule has 0 spiro atoms. The van der Waals surface area contributed by atoms with E-state index in [0.717, 1.165) is 22.5 Å². The predicted octanol–water partition coefficient (Wildman–Crippen LogP) is 3.35. The van der Waals surface area contributed by atoms with Gasteiger partial charge < -0.3 is 20.6 Å². The molecule has 1 aromatic heterocycles. The summed E-state index contributed by atoms with van der Waals surface area (Å²) in [5.74, 6) is -1.36. The standard InChI is InChI=1S/C26H22ClN5O5S2/c1-36-31-18(17-21(27)39-26(28)30-17)22(33)29-19-23(34)32-16(12-13-38-24(19)32)25(35)37-20(14-8-4-2-5-9-14)15-10-6-3-7-11-15/h2-12,19-20,24H,13H2,1H3,(H2,28,30)(H,29,33)/b31-18-/t19-,24-/m1/s1. The van der Waals surface area contributed by atoms with Crippen molar-refractivity contribution in [2.24, 2.45) is 5.16 Å². The van der Waals surface area contributed by atoms with Gasteiger partial charge in [-0.1, -0.05) is 88.8 Å². The molecular weight excluding hydrogens is 562 g/mol. The van der Waals surface area contributed by atoms with Crippen molar-refractivity contribution in [2.75, 3.05) is 18.6 Å². The van der Waals surface area contributed by atoms with Crippen LogP contribution < -0.4 is 11.1 Å². The number of benzene rings is 2. The smallest absolute Gasteiger partial charge is 0.355 e. The maximum Gasteiger partial charge on any atom is 0.355 e. The first kappa shape index (κ1) is 26.7. The highest BCUT2D eigenvalue weighted by atomic mass is 35.5. The summed E-state index contributed by atoms with van der Waals surface area (Å²) in [6.07, 6.45) is 0.992. The molecule has 2 aromatic carbocycles. The average molecular weight is 584 g/mol. The van der Waals surface area contributed by atoms with Gasteiger partial charge >= 0.3 is 5.97 Å². The van der Waals surface area contributed by atoms with Crippen molar-refractivity contribution in [3.05, 3.63) is 93.6 Å². The molecule has 3 aromatic rings. The first-order valence-electron chi connectivity index (χ1n) is 11.7. The largest absolute Gasteiger partial charge is 0.448 e. The summed E-state index contributed by atoms with van der Waals surface area (Å²) < 4.78 is 6.11. The topological polar surface area (TPSA) is 136 Å². The number of hydrogen-bond donors (Lipinski definition) is 2. The van der Waals surface area contributed by atoms with E-state index in [9.17, 15) is 14.4 Å². The second kappa shape index (κ2) is 11.5. The number of amides is 2. The Morgan fingerprint density at radius 1 is 1.15 bits per heavy atom. The van der Waals surface area contributed by atoms with Crippen LogP contribution >= 0.6 is 34.7 Å². The lowest BCUT2D eigenvalue weighted by Crippen LogP contribution is -2.70. The number of thioether (sulfide) groups is 1. The number of nitrogens with two attached hydrogens (primary N) is 1. The summed E-state index contributed by atoms with van der Waals surface area (Å²) in [6.45, 7) is 0. The highest BCUT2D eigenvalue weighted by molar-refractivity contribution is 8.00. The number of carbonyl (C=O) groups is 3. The summed E-state index contributed by atoms with van der Waals surface area (Å²) in [5, 5.41) is 6.03. The van der Waals surface area contributed by atoms with Crippen LogP contribution in [0, 0.1) is 0 Å². The van der Waals surface area contributed by atoms with E-state index in [2.05, 4.69) is 15.5 Å². The van der Waals surface area contributed by atoms with Crippen LogP contribution in [0.1, 0.15) is 22.9 Å². The van der Waals surface area contributed by atoms with E-state index < -0.39 is 35.3 Å². The molecule has 0 aliphatic carbocycles. The molecule has 13 heteroatoms. The van der Waals surface area contributed by atoms with Gasteiger partial charge in [-0.15, -0.1) is 11.8 Å². The number of β-lactam (4-membered cyclic amide) rings is 1. The van der Waals surface area contributed by atoms with Gasteiger partial charge in [0.15, 0.2) is 16.9 Å². The number of ether oxygens (including phenoxy) is 1. The molecule has 0 unspecified atom stereocenters. The van der Waals surface area contributed by atoms with Crippen molar-refractivity contribution in [3.63, 3.8) is 0 Å². The summed E-state index contributed by atoms with van der Waals surface area (Å²) in [5.41, 5.74) is 7.26. The zero-order chi connectivity index (χ0) is 27.5. The fraction of sp³-hybridized carbons (Fsp3) is 0.192. The predicted molar refractivity (Wildman–Crippen MR) is 149 cm³/mol. The first-order chi connectivity index (χ1) is 18.9. The molecule has 10 nitrogen and oxygen atoms in total. The lowest BCUT2D eigenvalue weighted by atomic mass is 10.0. The Labute approximate surface area is 236 Å². The highest BCUT2D eigenvalue weighted by Gasteiger charge is 2.53. The molecule has 2 atom stereocenters. The van der Waals surface area contributed by atoms with Crippen LogP contribution in [-0.4, -0.2) is 57.7 Å². The molecule has 1 saturated heterocycles. The van der Waals surface area contributed by atoms with Gasteiger partial charge in [-0.05, 0) is 17.2 Å². The average Bonchev–Trinajstić information content (AvgIpc) is 3.30. The second-order valence-corrected chi connectivity index (χ2v) is 11.2. The number of nitrogen functional groups attached to an aromatic ring is 1. The van der Waals surface area contributed by atoms with Crippen LogP contribution in [0.2, 0.25) is 4.34 Å². The van der Waals surface area contributed by atoms with Gasteiger partial charge in [0.25, 0.3) is 11.8 Å². The Morgan fingerprint density at radius 2 is 1.79 bits per heavy atom. The number of esters is 1. The number of halogens is 1. The summed E-state index contributed by atoms with van der Waals surface area (Å²) in [7, 11) is 1.27. The van der Waals surface area contributed by atoms with Crippen LogP contribution in [0.25, 0.3) is 0 Å². The van der Waals surface area contributed by atoms with E-state index in [1.54, 1.807) is 6.08 Å². The van der Waals surface area contributed by atoms with Gasteiger partial charge in [0, 0.05) is 5.75 Å². The van der Waals surface area contributed by atoms with E-state index in [1.165, 1.54) is 23.8 Å². The molecule has 5 rings (SSSR count). The van der Waals surface area contributed by atoms with Gasteiger partial charge in [0.2, 0.25) is 0 Å². The van der Waals surface area contributed by atoms with Crippen molar-refractivity contribution >= 4 is 63.3 Å². The number of thiazole rings is 1. The number of aromatic nitrogens is 1. The third kappa shape index (κ3) is 5.35. The minimum Gasteiger partial charge on any atom is -0.448 e. The molecule has 2 aliphatic heterocycles. The monoisotopic (exact) mass is 583 g/mol. The Balaban J connectivity index is 1.32. The van der Waals surface area contributed by atoms with Crippen LogP contribution in [0.4, 0.5) is 5.13 Å². The molecule has 0 saturated carbocycles. The normalized spacial score (nSPS) is 18.6. The van der Waals surface area contributed by atoms with Crippen molar-refractivity contribution in [3.8, 4) is 0 Å². The van der Waals surface area contributed by atoms with Gasteiger partial charge in [-0.3, -0.25) is 14.5 Å². The zero-order valence-corrected chi connectivity index (χ0v) is 22.8. The lowest BCUT2D eigenvalue weighted by molar-refractivity contribution is -0.154. The maximum atomic E-state index is 13.4. The molecule has 0 radical (unpaired) electrons. The first-order valence-corrected chi connectivity index (χ1v) is 13.9. The van der Waals surface area contributed by atoms with Gasteiger partial charge in [0.1, 0.15) is 34.3 Å². The quantitative estimate of drug-likeness (QED) is 0.178. The third-order valence-corrected chi connectivity index (χ3v) is 8.26. The van der Waals surface area contributed by atoms with Gasteiger partial charge in [0.05, 0.1) is 0 Å². The molecule has 1 fully saturated rings. The number of nitrogens with zero attached hydrogens (tertiary/aromatic N) is 3. The van der Waals surface area contributed by atoms with Crippen LogP contribution in [0.3, 0.4) is 0 Å². The Hall–Kier alpha value is -3.87. The van der Waals surface area contributed by atoms with Crippen LogP contribution in [-0.2, 0) is 24.0 Å². The van der Waals surface area contributed by atoms with Gasteiger partial charge in [-0.25, -0.2) is 9.78 Å². The van der Waals surface area contributed by atoms with E-state index >= 15 is 0 Å². The number of anilines is 1. The Morgan fingerprint density at radius 3 is 2.36 bits per heavy atom. The van der Waals surface area contributed by atoms with Crippen LogP contribution in [0.5, 0.6) is 0 Å². The number of fused-ring (bicyclic) bond motifs is 1. The second-order valence-electron chi connectivity index (χ2n) is 8.38. The van der Waals surface area contributed by atoms with Crippen molar-refractivity contribution < 1.29 is 24.0 Å². The highest BCUT2D eigenvalue weighted by Crippen LogP contribution is 2.39. The lowest BCUT2D eigenvalue weighted by Gasteiger charge is -2.48. The minimum absolute atomic E-state index is 0.0514. The Bertz CT molecular complexity index is 1420. The van der Waals surface area contributed by atoms with E-state index in [0.29, 0.717) is 5.75 Å². The van der Waals surface area contributed by atoms with Crippen molar-refractivity contribution in [1.82, 2.24) is 15.2 Å². The molecule has 2 aliphatic rings. The fourth-order valence-electron chi connectivity index (χ4n) is 4.24. The SMILES string of the molecule is CO/N=C(\C(=O)N[C@@H]1C(=O)N2C(C(=O)OC(c3ccccc3)c3ccccc3)=CCS[C@H]12)c1nc(N)sc1Cl. The van der Waals surface area contributed by atoms with Crippen LogP contribution in [0.15, 0.2) is 77.6 Å². The molecule has 200 valence electrons. The number of oxime groups is 1. The number of nitrogens with one attached hydrogen (secondary N) is 1. The summed E-state index contributed by atoms with van der Waals surface area (Å²) >= 11 is 8.53. The molecule has 2 amide bonds. The fourth-order valence-corrected chi connectivity index (χ4v) is 6.36. The molecule has 0 bridgehead atoms. The van der Waals surface area contributed by atoms with E-state index in [4.69, 9.17) is 26.9 Å². The molecule has 3 heterocycles. The Kier molecular flexibility index (Phi) is 7.87. The van der Waals surface area contributed by atoms with Crippen molar-refractivity contribution in [2.45, 2.75) is 17.5 Å². The third-order valence-electron chi connectivity index (χ3n) is 6.00. The number of carbonyl (C=O) groups excluding carboxylic acids is 3. The zero-order valence-electron chi connectivity index (χ0n) is 20.4. The van der Waals surface area contributed by atoms with E-state index in [1.807, 2.05) is 60.7 Å². The van der Waals surface area contributed by atoms with Gasteiger partial charge in [-0.2, -0.15) is 0 Å². The number of hydrogen-bond acceptors (Lipinski definition) is 10. The molecule has 39 heavy (non-hydrogen) atoms. The maximum absolute atomic E-state index is 13.4. The number of rotatable bonds is 8. The van der Waals surface area contributed by atoms with Crippen molar-refractivity contribution in [1.29, 1.82) is 0 Å². The summed E-state index contributed by atoms with van der Waals surface area (Å²) in [4.78, 5) is 49.8.